The Morgan fingerprint density at radius 2 is 2.00 bits per heavy atom. The number of allylic oxidation sites excluding steroid dienone is 3. The number of ether oxygens (including phenoxy) is 2. The molecule has 11 heteroatoms. The van der Waals surface area contributed by atoms with Crippen molar-refractivity contribution in [3.8, 4) is 11.1 Å². The van der Waals surface area contributed by atoms with Crippen LogP contribution in [0.5, 0.6) is 0 Å². The molecule has 0 bridgehead atoms. The van der Waals surface area contributed by atoms with Crippen LogP contribution in [-0.4, -0.2) is 55.4 Å². The number of methoxy groups -OCH3 is 1. The zero-order valence-electron chi connectivity index (χ0n) is 22.5. The molecule has 3 aromatic rings. The summed E-state index contributed by atoms with van der Waals surface area (Å²) in [5, 5.41) is 2.07. The van der Waals surface area contributed by atoms with Gasteiger partial charge in [-0.2, -0.15) is 0 Å². The minimum absolute atomic E-state index is 0. The molecule has 2 aromatic carbocycles. The van der Waals surface area contributed by atoms with Crippen LogP contribution < -0.4 is 10.3 Å². The topological polar surface area (TPSA) is 66.9 Å². The number of benzene rings is 2. The molecule has 3 aliphatic rings. The quantitative estimate of drug-likeness (QED) is 0.296. The molecule has 41 heavy (non-hydrogen) atoms. The van der Waals surface area contributed by atoms with E-state index in [4.69, 9.17) is 9.47 Å². The first kappa shape index (κ1) is 27.1. The van der Waals surface area contributed by atoms with E-state index in [1.54, 1.807) is 12.1 Å². The molecule has 1 amide bonds. The van der Waals surface area contributed by atoms with Crippen LogP contribution in [0.3, 0.4) is 0 Å². The minimum atomic E-state index is -1.44. The Bertz CT molecular complexity index is 1610. The first-order valence-electron chi connectivity index (χ1n) is 13.4. The zero-order valence-corrected chi connectivity index (χ0v) is 22.5. The van der Waals surface area contributed by atoms with Gasteiger partial charge in [-0.15, -0.1) is 0 Å². The number of nitrogens with zero attached hydrogens (tertiary/aromatic N) is 3. The number of amides is 1. The van der Waals surface area contributed by atoms with E-state index in [-0.39, 0.29) is 24.7 Å². The molecule has 0 spiro atoms. The van der Waals surface area contributed by atoms with Crippen molar-refractivity contribution in [2.24, 2.45) is 0 Å². The fourth-order valence-corrected chi connectivity index (χ4v) is 5.69. The number of hydrazine groups is 1. The maximum atomic E-state index is 15.2. The van der Waals surface area contributed by atoms with Gasteiger partial charge in [0.2, 0.25) is 0 Å². The molecule has 0 atom stereocenters. The van der Waals surface area contributed by atoms with Crippen molar-refractivity contribution in [3.63, 3.8) is 0 Å². The van der Waals surface area contributed by atoms with Crippen molar-refractivity contribution >= 4 is 22.5 Å². The van der Waals surface area contributed by atoms with E-state index in [0.29, 0.717) is 43.1 Å². The SMILES string of the molecule is COC1CC(N(C)c2c(C(=O)NN3CCOC4=C3C=CCC4)cnc3c(-c4cc(F)cc(F)c4F)c(F)ccc23)C1.[HH]. The second-order valence-electron chi connectivity index (χ2n) is 10.4. The van der Waals surface area contributed by atoms with Crippen molar-refractivity contribution < 1.29 is 33.3 Å². The lowest BCUT2D eigenvalue weighted by Gasteiger charge is -2.42. The Balaban J connectivity index is 0.00000353. The molecule has 1 aliphatic heterocycles. The fourth-order valence-electron chi connectivity index (χ4n) is 5.69. The number of hydrogen-bond donors (Lipinski definition) is 1. The fraction of sp³-hybridized carbons (Fsp3) is 0.333. The van der Waals surface area contributed by atoms with Gasteiger partial charge in [0, 0.05) is 56.8 Å². The molecular weight excluding hydrogens is 540 g/mol. The standard InChI is InChI=1S/C30H28F4N4O3.H2/c1-37(17-13-18(14-17)40-2)29-19-7-8-22(32)26(20-11-16(31)12-23(33)27(20)34)28(19)35-15-21(29)30(39)36-38-9-10-41-25-6-4-3-5-24(25)38;/h3,5,7-8,11-12,15,17-18H,4,6,9-10,13-14H2,1-2H3,(H,36,39);1H. The minimum Gasteiger partial charge on any atom is -0.494 e. The summed E-state index contributed by atoms with van der Waals surface area (Å²) in [7, 11) is 3.45. The number of halogens is 4. The molecule has 1 fully saturated rings. The highest BCUT2D eigenvalue weighted by molar-refractivity contribution is 6.10. The summed E-state index contributed by atoms with van der Waals surface area (Å²) in [6.07, 6.45) is 8.24. The zero-order chi connectivity index (χ0) is 28.8. The summed E-state index contributed by atoms with van der Waals surface area (Å²) in [6.45, 7) is 0.841. The van der Waals surface area contributed by atoms with Crippen LogP contribution in [0, 0.1) is 23.3 Å². The highest BCUT2D eigenvalue weighted by Gasteiger charge is 2.35. The van der Waals surface area contributed by atoms with Crippen molar-refractivity contribution in [2.75, 3.05) is 32.2 Å². The molecule has 1 saturated carbocycles. The third-order valence-corrected chi connectivity index (χ3v) is 7.99. The number of fused-ring (bicyclic) bond motifs is 1. The monoisotopic (exact) mass is 570 g/mol. The van der Waals surface area contributed by atoms with Crippen molar-refractivity contribution in [3.05, 3.63) is 82.9 Å². The van der Waals surface area contributed by atoms with Crippen LogP contribution in [0.1, 0.15) is 37.5 Å². The number of rotatable bonds is 6. The molecule has 2 heterocycles. The van der Waals surface area contributed by atoms with E-state index in [1.165, 1.54) is 12.3 Å². The van der Waals surface area contributed by atoms with Crippen molar-refractivity contribution in [1.29, 1.82) is 0 Å². The molecule has 7 nitrogen and oxygen atoms in total. The molecule has 0 unspecified atom stereocenters. The van der Waals surface area contributed by atoms with Crippen LogP contribution >= 0.6 is 0 Å². The van der Waals surface area contributed by atoms with E-state index in [0.717, 1.165) is 36.4 Å². The Morgan fingerprint density at radius 1 is 1.20 bits per heavy atom. The Hall–Kier alpha value is -4.12. The largest absolute Gasteiger partial charge is 0.494 e. The van der Waals surface area contributed by atoms with E-state index in [2.05, 4.69) is 10.4 Å². The van der Waals surface area contributed by atoms with Gasteiger partial charge in [-0.05, 0) is 43.5 Å². The molecule has 0 radical (unpaired) electrons. The summed E-state index contributed by atoms with van der Waals surface area (Å²) in [5.74, 6) is -4.45. The van der Waals surface area contributed by atoms with Gasteiger partial charge in [-0.1, -0.05) is 6.08 Å². The number of anilines is 1. The van der Waals surface area contributed by atoms with Gasteiger partial charge in [0.25, 0.3) is 5.91 Å². The summed E-state index contributed by atoms with van der Waals surface area (Å²) in [6, 6.07) is 3.66. The van der Waals surface area contributed by atoms with Crippen LogP contribution in [-0.2, 0) is 9.47 Å². The maximum absolute atomic E-state index is 15.2. The van der Waals surface area contributed by atoms with Gasteiger partial charge in [0.1, 0.15) is 24.0 Å². The van der Waals surface area contributed by atoms with Gasteiger partial charge in [-0.25, -0.2) is 17.6 Å². The van der Waals surface area contributed by atoms with E-state index >= 15 is 4.39 Å². The van der Waals surface area contributed by atoms with Crippen molar-refractivity contribution in [1.82, 2.24) is 15.4 Å². The van der Waals surface area contributed by atoms with Gasteiger partial charge in [0.15, 0.2) is 11.6 Å². The maximum Gasteiger partial charge on any atom is 0.273 e. The highest BCUT2D eigenvalue weighted by atomic mass is 19.2. The highest BCUT2D eigenvalue weighted by Crippen LogP contribution is 2.41. The molecule has 2 aliphatic carbocycles. The lowest BCUT2D eigenvalue weighted by atomic mass is 9.87. The molecule has 0 saturated heterocycles. The number of hydrogen-bond acceptors (Lipinski definition) is 6. The Morgan fingerprint density at radius 3 is 2.78 bits per heavy atom. The van der Waals surface area contributed by atoms with Crippen molar-refractivity contribution in [2.45, 2.75) is 37.8 Å². The first-order valence-corrected chi connectivity index (χ1v) is 13.4. The Kier molecular flexibility index (Phi) is 7.06. The number of pyridine rings is 1. The molecule has 6 rings (SSSR count). The number of nitrogens with one attached hydrogen (secondary N) is 1. The summed E-state index contributed by atoms with van der Waals surface area (Å²) in [5.41, 5.74) is 3.36. The smallest absolute Gasteiger partial charge is 0.273 e. The van der Waals surface area contributed by atoms with E-state index in [9.17, 15) is 18.0 Å². The lowest BCUT2D eigenvalue weighted by molar-refractivity contribution is 0.0266. The van der Waals surface area contributed by atoms with Crippen LogP contribution in [0.15, 0.2) is 54.1 Å². The van der Waals surface area contributed by atoms with Gasteiger partial charge in [-0.3, -0.25) is 20.2 Å². The predicted molar refractivity (Wildman–Crippen MR) is 147 cm³/mol. The number of aromatic nitrogens is 1. The van der Waals surface area contributed by atoms with Gasteiger partial charge >= 0.3 is 0 Å². The van der Waals surface area contributed by atoms with E-state index in [1.807, 2.05) is 24.1 Å². The van der Waals surface area contributed by atoms with Crippen LogP contribution in [0.2, 0.25) is 0 Å². The average molecular weight is 571 g/mol. The molecule has 216 valence electrons. The second-order valence-corrected chi connectivity index (χ2v) is 10.4. The Labute approximate surface area is 235 Å². The average Bonchev–Trinajstić information content (AvgIpc) is 2.94. The third kappa shape index (κ3) is 4.77. The lowest BCUT2D eigenvalue weighted by Crippen LogP contribution is -2.48. The second kappa shape index (κ2) is 10.7. The normalized spacial score (nSPS) is 20.0. The van der Waals surface area contributed by atoms with Crippen LogP contribution in [0.25, 0.3) is 22.0 Å². The predicted octanol–water partition coefficient (Wildman–Crippen LogP) is 5.86. The van der Waals surface area contributed by atoms with Gasteiger partial charge in [0.05, 0.1) is 35.1 Å². The first-order chi connectivity index (χ1) is 19.8. The summed E-state index contributed by atoms with van der Waals surface area (Å²) < 4.78 is 69.6. The molecule has 1 aromatic heterocycles. The third-order valence-electron chi connectivity index (χ3n) is 7.99. The summed E-state index contributed by atoms with van der Waals surface area (Å²) in [4.78, 5) is 20.1. The van der Waals surface area contributed by atoms with Crippen LogP contribution in [0.4, 0.5) is 23.2 Å². The summed E-state index contributed by atoms with van der Waals surface area (Å²) >= 11 is 0. The number of carbonyl (C=O) groups is 1. The molecule has 1 N–H and O–H groups in total. The number of carbonyl (C=O) groups excluding carboxylic acids is 1. The molecular formula is C30H30F4N4O3. The van der Waals surface area contributed by atoms with Gasteiger partial charge < -0.3 is 14.4 Å². The van der Waals surface area contributed by atoms with E-state index < -0.39 is 40.3 Å².